The summed E-state index contributed by atoms with van der Waals surface area (Å²) in [6, 6.07) is 7.04. The minimum Gasteiger partial charge on any atom is -0.384 e. The van der Waals surface area contributed by atoms with Gasteiger partial charge in [-0.2, -0.15) is 18.3 Å². The third-order valence-electron chi connectivity index (χ3n) is 2.58. The van der Waals surface area contributed by atoms with Crippen molar-refractivity contribution in [1.29, 1.82) is 0 Å². The molecule has 0 saturated heterocycles. The number of halogens is 3. The molecule has 2 rings (SSSR count). The smallest absolute Gasteiger partial charge is 0.384 e. The monoisotopic (exact) mass is 255 g/mol. The van der Waals surface area contributed by atoms with E-state index in [0.29, 0.717) is 11.5 Å². The normalized spacial score (nSPS) is 11.8. The molecule has 0 aliphatic carbocycles. The summed E-state index contributed by atoms with van der Waals surface area (Å²) >= 11 is 0. The number of hydrogen-bond donors (Lipinski definition) is 1. The van der Waals surface area contributed by atoms with Crippen LogP contribution in [0.3, 0.4) is 0 Å². The van der Waals surface area contributed by atoms with Gasteiger partial charge in [-0.25, -0.2) is 4.68 Å². The van der Waals surface area contributed by atoms with E-state index in [9.17, 15) is 13.2 Å². The Kier molecular flexibility index (Phi) is 3.02. The molecule has 0 aliphatic rings. The van der Waals surface area contributed by atoms with Crippen LogP contribution in [0.15, 0.2) is 30.3 Å². The maximum absolute atomic E-state index is 12.8. The van der Waals surface area contributed by atoms with E-state index < -0.39 is 11.7 Å². The van der Waals surface area contributed by atoms with Crippen molar-refractivity contribution in [2.24, 2.45) is 0 Å². The number of nitrogen functional groups attached to an aromatic ring is 1. The van der Waals surface area contributed by atoms with Crippen LogP contribution in [0.25, 0.3) is 0 Å². The number of alkyl halides is 3. The average Bonchev–Trinajstić information content (AvgIpc) is 2.57. The Morgan fingerprint density at radius 2 is 1.94 bits per heavy atom. The van der Waals surface area contributed by atoms with Gasteiger partial charge in [0.15, 0.2) is 0 Å². The number of nitrogens with zero attached hydrogens (tertiary/aromatic N) is 2. The molecule has 0 fully saturated rings. The lowest BCUT2D eigenvalue weighted by Gasteiger charge is -2.13. The molecule has 0 spiro atoms. The molecule has 3 nitrogen and oxygen atoms in total. The molecule has 1 heterocycles. The Bertz CT molecular complexity index is 558. The highest BCUT2D eigenvalue weighted by Gasteiger charge is 2.32. The number of anilines is 1. The van der Waals surface area contributed by atoms with Crippen molar-refractivity contribution in [1.82, 2.24) is 9.78 Å². The second-order valence-corrected chi connectivity index (χ2v) is 4.02. The number of benzene rings is 1. The van der Waals surface area contributed by atoms with Crippen LogP contribution in [-0.4, -0.2) is 9.78 Å². The van der Waals surface area contributed by atoms with Gasteiger partial charge in [0.25, 0.3) is 0 Å². The highest BCUT2D eigenvalue weighted by Crippen LogP contribution is 2.32. The summed E-state index contributed by atoms with van der Waals surface area (Å²) in [6.07, 6.45) is -4.37. The van der Waals surface area contributed by atoms with Crippen LogP contribution >= 0.6 is 0 Å². The molecule has 0 unspecified atom stereocenters. The van der Waals surface area contributed by atoms with Gasteiger partial charge in [0, 0.05) is 6.07 Å². The zero-order valence-corrected chi connectivity index (χ0v) is 9.70. The summed E-state index contributed by atoms with van der Waals surface area (Å²) in [4.78, 5) is 0. The van der Waals surface area contributed by atoms with E-state index in [1.165, 1.54) is 16.8 Å². The second kappa shape index (κ2) is 4.36. The van der Waals surface area contributed by atoms with Gasteiger partial charge in [0.2, 0.25) is 0 Å². The molecule has 0 radical (unpaired) electrons. The largest absolute Gasteiger partial charge is 0.416 e. The number of hydrogen-bond acceptors (Lipinski definition) is 2. The van der Waals surface area contributed by atoms with Crippen molar-refractivity contribution in [3.05, 3.63) is 47.2 Å². The fourth-order valence-electron chi connectivity index (χ4n) is 1.79. The number of nitrogens with two attached hydrogens (primary N) is 1. The highest BCUT2D eigenvalue weighted by molar-refractivity contribution is 5.34. The van der Waals surface area contributed by atoms with Crippen molar-refractivity contribution < 1.29 is 13.2 Å². The van der Waals surface area contributed by atoms with Gasteiger partial charge in [-0.1, -0.05) is 18.2 Å². The van der Waals surface area contributed by atoms with E-state index in [1.807, 2.05) is 0 Å². The van der Waals surface area contributed by atoms with E-state index in [1.54, 1.807) is 19.1 Å². The fourth-order valence-corrected chi connectivity index (χ4v) is 1.79. The van der Waals surface area contributed by atoms with Crippen LogP contribution in [0.5, 0.6) is 0 Å². The Hall–Kier alpha value is -1.98. The molecule has 2 aromatic rings. The summed E-state index contributed by atoms with van der Waals surface area (Å²) in [5, 5.41) is 4.05. The predicted octanol–water partition coefficient (Wildman–Crippen LogP) is 2.84. The summed E-state index contributed by atoms with van der Waals surface area (Å²) in [5.41, 5.74) is 5.84. The van der Waals surface area contributed by atoms with Gasteiger partial charge in [-0.05, 0) is 18.6 Å². The Balaban J connectivity index is 2.38. The van der Waals surface area contributed by atoms with Gasteiger partial charge >= 0.3 is 6.18 Å². The third kappa shape index (κ3) is 2.47. The Morgan fingerprint density at radius 3 is 2.50 bits per heavy atom. The predicted molar refractivity (Wildman–Crippen MR) is 61.9 cm³/mol. The average molecular weight is 255 g/mol. The van der Waals surface area contributed by atoms with Gasteiger partial charge in [-0.3, -0.25) is 0 Å². The van der Waals surface area contributed by atoms with Crippen LogP contribution in [0.4, 0.5) is 19.0 Å². The number of rotatable bonds is 2. The first kappa shape index (κ1) is 12.5. The fraction of sp³-hybridized carbons (Fsp3) is 0.250. The van der Waals surface area contributed by atoms with E-state index in [0.717, 1.165) is 6.07 Å². The van der Waals surface area contributed by atoms with Gasteiger partial charge in [-0.15, -0.1) is 0 Å². The summed E-state index contributed by atoms with van der Waals surface area (Å²) in [7, 11) is 0. The topological polar surface area (TPSA) is 43.8 Å². The molecule has 0 amide bonds. The quantitative estimate of drug-likeness (QED) is 0.896. The third-order valence-corrected chi connectivity index (χ3v) is 2.58. The number of aryl methyl sites for hydroxylation is 1. The van der Waals surface area contributed by atoms with Crippen molar-refractivity contribution >= 4 is 5.82 Å². The van der Waals surface area contributed by atoms with E-state index in [2.05, 4.69) is 5.10 Å². The molecule has 0 atom stereocenters. The lowest BCUT2D eigenvalue weighted by Crippen LogP contribution is -2.13. The first-order valence-electron chi connectivity index (χ1n) is 5.33. The highest BCUT2D eigenvalue weighted by atomic mass is 19.4. The van der Waals surface area contributed by atoms with Crippen LogP contribution in [-0.2, 0) is 12.7 Å². The lowest BCUT2D eigenvalue weighted by atomic mass is 10.1. The Labute approximate surface area is 102 Å². The molecule has 1 aromatic carbocycles. The van der Waals surface area contributed by atoms with Crippen molar-refractivity contribution in [3.8, 4) is 0 Å². The molecule has 0 bridgehead atoms. The first-order chi connectivity index (χ1) is 8.38. The summed E-state index contributed by atoms with van der Waals surface area (Å²) < 4.78 is 39.7. The van der Waals surface area contributed by atoms with Crippen molar-refractivity contribution in [3.63, 3.8) is 0 Å². The molecule has 2 N–H and O–H groups in total. The molecular formula is C12H12F3N3. The maximum Gasteiger partial charge on any atom is 0.416 e. The zero-order chi connectivity index (χ0) is 13.3. The molecule has 0 aliphatic heterocycles. The number of aromatic nitrogens is 2. The molecule has 1 aromatic heterocycles. The van der Waals surface area contributed by atoms with Gasteiger partial charge < -0.3 is 5.73 Å². The molecule has 18 heavy (non-hydrogen) atoms. The van der Waals surface area contributed by atoms with Gasteiger partial charge in [0.05, 0.1) is 17.8 Å². The standard InChI is InChI=1S/C12H12F3N3/c1-8-6-11(16)18(17-8)7-9-4-2-3-5-10(9)12(13,14)15/h2-6H,7,16H2,1H3. The van der Waals surface area contributed by atoms with Gasteiger partial charge in [0.1, 0.15) is 5.82 Å². The lowest BCUT2D eigenvalue weighted by molar-refractivity contribution is -0.138. The van der Waals surface area contributed by atoms with Crippen LogP contribution in [0, 0.1) is 6.92 Å². The minimum absolute atomic E-state index is 0.00928. The summed E-state index contributed by atoms with van der Waals surface area (Å²) in [6.45, 7) is 1.75. The van der Waals surface area contributed by atoms with Crippen LogP contribution in [0.2, 0.25) is 0 Å². The summed E-state index contributed by atoms with van der Waals surface area (Å²) in [5.74, 6) is 0.351. The molecular weight excluding hydrogens is 243 g/mol. The molecule has 0 saturated carbocycles. The van der Waals surface area contributed by atoms with Crippen LogP contribution < -0.4 is 5.73 Å². The Morgan fingerprint density at radius 1 is 1.28 bits per heavy atom. The van der Waals surface area contributed by atoms with E-state index >= 15 is 0 Å². The minimum atomic E-state index is -4.37. The maximum atomic E-state index is 12.8. The van der Waals surface area contributed by atoms with E-state index in [-0.39, 0.29) is 12.1 Å². The van der Waals surface area contributed by atoms with E-state index in [4.69, 9.17) is 5.73 Å². The zero-order valence-electron chi connectivity index (χ0n) is 9.70. The first-order valence-corrected chi connectivity index (χ1v) is 5.33. The molecule has 6 heteroatoms. The van der Waals surface area contributed by atoms with Crippen molar-refractivity contribution in [2.75, 3.05) is 5.73 Å². The molecule has 96 valence electrons. The second-order valence-electron chi connectivity index (χ2n) is 4.02. The SMILES string of the molecule is Cc1cc(N)n(Cc2ccccc2C(F)(F)F)n1. The van der Waals surface area contributed by atoms with Crippen LogP contribution in [0.1, 0.15) is 16.8 Å². The van der Waals surface area contributed by atoms with Crippen molar-refractivity contribution in [2.45, 2.75) is 19.6 Å².